The van der Waals surface area contributed by atoms with Crippen molar-refractivity contribution in [2.24, 2.45) is 5.73 Å². The molecule has 0 heterocycles. The maximum Gasteiger partial charge on any atom is 0.326 e. The van der Waals surface area contributed by atoms with Crippen molar-refractivity contribution in [3.05, 3.63) is 0 Å². The highest BCUT2D eigenvalue weighted by molar-refractivity contribution is 6.59. The van der Waals surface area contributed by atoms with Crippen molar-refractivity contribution < 1.29 is 24.3 Å². The van der Waals surface area contributed by atoms with Gasteiger partial charge in [0.25, 0.3) is 0 Å². The van der Waals surface area contributed by atoms with E-state index in [9.17, 15) is 24.3 Å². The molecule has 0 spiro atoms. The van der Waals surface area contributed by atoms with Crippen LogP contribution in [0.25, 0.3) is 0 Å². The van der Waals surface area contributed by atoms with Gasteiger partial charge in [-0.3, -0.25) is 9.59 Å². The van der Waals surface area contributed by atoms with Crippen LogP contribution < -0.4 is 16.4 Å². The van der Waals surface area contributed by atoms with Crippen molar-refractivity contribution in [1.29, 1.82) is 0 Å². The summed E-state index contributed by atoms with van der Waals surface area (Å²) in [5.41, 5.74) is 5.00. The van der Waals surface area contributed by atoms with Crippen molar-refractivity contribution >= 4 is 31.3 Å². The zero-order chi connectivity index (χ0) is 27.0. The summed E-state index contributed by atoms with van der Waals surface area (Å²) < 4.78 is 0. The van der Waals surface area contributed by atoms with Crippen molar-refractivity contribution in [1.82, 2.24) is 10.6 Å². The molecule has 206 valence electrons. The van der Waals surface area contributed by atoms with Gasteiger partial charge < -0.3 is 26.3 Å². The number of nitrogens with two attached hydrogens (primary N) is 1. The molecular formula is C27H50BN3O5. The molecule has 9 heteroatoms. The molecule has 0 aromatic heterocycles. The lowest BCUT2D eigenvalue weighted by Crippen LogP contribution is -2.41. The van der Waals surface area contributed by atoms with Gasteiger partial charge in [-0.05, 0) is 32.1 Å². The Balaban J connectivity index is 3.78. The second-order valence-electron chi connectivity index (χ2n) is 9.84. The maximum absolute atomic E-state index is 12.1. The summed E-state index contributed by atoms with van der Waals surface area (Å²) in [5, 5.41) is 14.6. The molecule has 0 aromatic carbocycles. The van der Waals surface area contributed by atoms with Gasteiger partial charge in [-0.2, -0.15) is 0 Å². The first-order valence-corrected chi connectivity index (χ1v) is 14.1. The van der Waals surface area contributed by atoms with Gasteiger partial charge in [0, 0.05) is 19.4 Å². The summed E-state index contributed by atoms with van der Waals surface area (Å²) in [6.45, 7) is 2.65. The van der Waals surface area contributed by atoms with E-state index < -0.39 is 23.7 Å². The molecule has 1 unspecified atom stereocenters. The second-order valence-corrected chi connectivity index (χ2v) is 9.84. The SMILES string of the molecule is [B]C(=O)C(N)CCCCNC(=O)CC[C@H](NC(=O)CCCCCCCCCCCCCCC)C(=O)O. The Kier molecular flexibility index (Phi) is 22.3. The summed E-state index contributed by atoms with van der Waals surface area (Å²) in [5.74, 6) is -1.69. The van der Waals surface area contributed by atoms with Gasteiger partial charge in [-0.1, -0.05) is 84.0 Å². The molecule has 2 radical (unpaired) electrons. The smallest absolute Gasteiger partial charge is 0.326 e. The Morgan fingerprint density at radius 2 is 1.25 bits per heavy atom. The molecule has 0 fully saturated rings. The fraction of sp³-hybridized carbons (Fsp3) is 0.852. The Bertz CT molecular complexity index is 618. The minimum absolute atomic E-state index is 0.0107. The molecule has 0 aromatic rings. The molecular weight excluding hydrogens is 457 g/mol. The van der Waals surface area contributed by atoms with E-state index in [0.29, 0.717) is 32.2 Å². The molecule has 0 aliphatic carbocycles. The van der Waals surface area contributed by atoms with Crippen LogP contribution in [0.2, 0.25) is 0 Å². The third-order valence-electron chi connectivity index (χ3n) is 6.43. The fourth-order valence-electron chi connectivity index (χ4n) is 4.05. The highest BCUT2D eigenvalue weighted by Gasteiger charge is 2.20. The van der Waals surface area contributed by atoms with Crippen LogP contribution in [0.5, 0.6) is 0 Å². The molecule has 0 rings (SSSR count). The number of aliphatic carboxylic acids is 1. The number of carboxylic acid groups (broad SMARTS) is 1. The van der Waals surface area contributed by atoms with E-state index in [1.807, 2.05) is 0 Å². The minimum Gasteiger partial charge on any atom is -0.480 e. The number of rotatable bonds is 25. The van der Waals surface area contributed by atoms with Crippen LogP contribution in [0.4, 0.5) is 0 Å². The first-order valence-electron chi connectivity index (χ1n) is 14.1. The zero-order valence-corrected chi connectivity index (χ0v) is 22.5. The van der Waals surface area contributed by atoms with Crippen molar-refractivity contribution in [3.8, 4) is 0 Å². The number of nitrogens with one attached hydrogen (secondary N) is 2. The second kappa shape index (κ2) is 23.5. The fourth-order valence-corrected chi connectivity index (χ4v) is 4.05. The standard InChI is InChI=1S/C27H50BN3O5/c1-2-3-4-5-6-7-8-9-10-11-12-13-14-18-25(33)31-23(27(35)36)19-20-24(32)30-21-16-15-17-22(29)26(28)34/h22-23H,2-21,29H2,1H3,(H,30,32)(H,31,33)(H,35,36)/t22?,23-/m0/s1. The molecule has 0 bridgehead atoms. The molecule has 2 amide bonds. The third-order valence-corrected chi connectivity index (χ3v) is 6.43. The van der Waals surface area contributed by atoms with E-state index in [1.165, 1.54) is 64.2 Å². The van der Waals surface area contributed by atoms with Crippen LogP contribution in [-0.4, -0.2) is 55.0 Å². The molecule has 36 heavy (non-hydrogen) atoms. The molecule has 8 nitrogen and oxygen atoms in total. The Morgan fingerprint density at radius 1 is 0.722 bits per heavy atom. The lowest BCUT2D eigenvalue weighted by Gasteiger charge is -2.14. The highest BCUT2D eigenvalue weighted by Crippen LogP contribution is 2.13. The van der Waals surface area contributed by atoms with Gasteiger partial charge in [0.1, 0.15) is 6.04 Å². The number of hydrogen-bond donors (Lipinski definition) is 4. The lowest BCUT2D eigenvalue weighted by atomic mass is 9.92. The van der Waals surface area contributed by atoms with E-state index in [2.05, 4.69) is 17.6 Å². The van der Waals surface area contributed by atoms with Crippen LogP contribution in [0.15, 0.2) is 0 Å². The Hall–Kier alpha value is -1.90. The zero-order valence-electron chi connectivity index (χ0n) is 22.5. The average molecular weight is 508 g/mol. The van der Waals surface area contributed by atoms with Crippen molar-refractivity contribution in [3.63, 3.8) is 0 Å². The first kappa shape index (κ1) is 34.1. The van der Waals surface area contributed by atoms with E-state index in [4.69, 9.17) is 13.6 Å². The first-order chi connectivity index (χ1) is 17.3. The monoisotopic (exact) mass is 507 g/mol. The number of unbranched alkanes of at least 4 members (excludes halogenated alkanes) is 13. The van der Waals surface area contributed by atoms with Crippen molar-refractivity contribution in [2.45, 2.75) is 141 Å². The summed E-state index contributed by atoms with van der Waals surface area (Å²) >= 11 is 0. The Labute approximate surface area is 219 Å². The normalized spacial score (nSPS) is 12.6. The van der Waals surface area contributed by atoms with E-state index in [-0.39, 0.29) is 24.7 Å². The van der Waals surface area contributed by atoms with Gasteiger partial charge >= 0.3 is 5.97 Å². The predicted octanol–water partition coefficient (Wildman–Crippen LogP) is 4.13. The van der Waals surface area contributed by atoms with Crippen molar-refractivity contribution in [2.75, 3.05) is 6.54 Å². The number of carbonyl (C=O) groups excluding carboxylic acids is 3. The minimum atomic E-state index is -1.14. The summed E-state index contributed by atoms with van der Waals surface area (Å²) in [6, 6.07) is -1.75. The quantitative estimate of drug-likeness (QED) is 0.108. The number of hydrogen-bond acceptors (Lipinski definition) is 5. The lowest BCUT2D eigenvalue weighted by molar-refractivity contribution is -0.142. The number of carbonyl (C=O) groups is 4. The number of amides is 2. The van der Waals surface area contributed by atoms with E-state index >= 15 is 0 Å². The molecule has 2 atom stereocenters. The average Bonchev–Trinajstić information content (AvgIpc) is 2.83. The summed E-state index contributed by atoms with van der Waals surface area (Å²) in [4.78, 5) is 46.4. The summed E-state index contributed by atoms with van der Waals surface area (Å²) in [7, 11) is 5.09. The van der Waals surface area contributed by atoms with Crippen LogP contribution in [0, 0.1) is 0 Å². The van der Waals surface area contributed by atoms with Gasteiger partial charge in [0.15, 0.2) is 7.85 Å². The maximum atomic E-state index is 12.1. The molecule has 0 saturated heterocycles. The molecule has 5 N–H and O–H groups in total. The molecule has 0 aliphatic heterocycles. The van der Waals surface area contributed by atoms with Crippen LogP contribution >= 0.6 is 0 Å². The van der Waals surface area contributed by atoms with Gasteiger partial charge in [0.2, 0.25) is 11.8 Å². The van der Waals surface area contributed by atoms with E-state index in [0.717, 1.165) is 19.3 Å². The van der Waals surface area contributed by atoms with Crippen LogP contribution in [-0.2, 0) is 19.2 Å². The summed E-state index contributed by atoms with van der Waals surface area (Å²) in [6.07, 6.45) is 18.0. The third kappa shape index (κ3) is 21.4. The molecule has 0 aliphatic rings. The van der Waals surface area contributed by atoms with Crippen LogP contribution in [0.3, 0.4) is 0 Å². The predicted molar refractivity (Wildman–Crippen MR) is 145 cm³/mol. The topological polar surface area (TPSA) is 139 Å². The largest absolute Gasteiger partial charge is 0.480 e. The van der Waals surface area contributed by atoms with Gasteiger partial charge in [-0.25, -0.2) is 4.79 Å². The highest BCUT2D eigenvalue weighted by atomic mass is 16.4. The Morgan fingerprint density at radius 3 is 1.75 bits per heavy atom. The number of carboxylic acids is 1. The van der Waals surface area contributed by atoms with Crippen LogP contribution in [0.1, 0.15) is 129 Å². The van der Waals surface area contributed by atoms with Gasteiger partial charge in [-0.15, -0.1) is 0 Å². The van der Waals surface area contributed by atoms with E-state index in [1.54, 1.807) is 0 Å². The van der Waals surface area contributed by atoms with Gasteiger partial charge in [0.05, 0.1) is 11.7 Å². The molecule has 0 saturated carbocycles.